The van der Waals surface area contributed by atoms with E-state index in [-0.39, 0.29) is 72.0 Å². The fourth-order valence-electron chi connectivity index (χ4n) is 7.67. The molecule has 0 spiro atoms. The molecular formula is C33H34FN3O7. The third-order valence-electron chi connectivity index (χ3n) is 10.1. The first-order chi connectivity index (χ1) is 21.0. The minimum absolute atomic E-state index is 0.0235. The van der Waals surface area contributed by atoms with Gasteiger partial charge in [-0.3, -0.25) is 14.4 Å². The van der Waals surface area contributed by atoms with Crippen molar-refractivity contribution in [2.75, 3.05) is 0 Å². The molecule has 0 radical (unpaired) electrons. The van der Waals surface area contributed by atoms with E-state index in [1.165, 1.54) is 13.0 Å². The van der Waals surface area contributed by atoms with Gasteiger partial charge in [-0.25, -0.2) is 14.2 Å². The average Bonchev–Trinajstić information content (AvgIpc) is 3.37. The first-order valence-electron chi connectivity index (χ1n) is 15.3. The molecule has 1 saturated carbocycles. The van der Waals surface area contributed by atoms with Gasteiger partial charge in [0, 0.05) is 35.4 Å². The van der Waals surface area contributed by atoms with E-state index in [0.717, 1.165) is 22.1 Å². The highest BCUT2D eigenvalue weighted by Crippen LogP contribution is 2.46. The summed E-state index contributed by atoms with van der Waals surface area (Å²) in [5.41, 5.74) is 2.42. The molecule has 2 aromatic heterocycles. The number of fused-ring (bicyclic) bond motifs is 5. The lowest BCUT2D eigenvalue weighted by Crippen LogP contribution is -2.44. The summed E-state index contributed by atoms with van der Waals surface area (Å²) in [4.78, 5) is 56.2. The number of benzene rings is 1. The molecule has 7 rings (SSSR count). The maximum absolute atomic E-state index is 15.2. The van der Waals surface area contributed by atoms with Gasteiger partial charge in [-0.2, -0.15) is 0 Å². The number of hydrogen-bond donors (Lipinski definition) is 2. The van der Waals surface area contributed by atoms with E-state index in [1.807, 2.05) is 0 Å². The zero-order chi connectivity index (χ0) is 31.1. The Morgan fingerprint density at radius 1 is 1.16 bits per heavy atom. The first-order valence-corrected chi connectivity index (χ1v) is 15.3. The van der Waals surface area contributed by atoms with Crippen LogP contribution in [0.3, 0.4) is 0 Å². The van der Waals surface area contributed by atoms with Gasteiger partial charge in [0.2, 0.25) is 5.91 Å². The summed E-state index contributed by atoms with van der Waals surface area (Å²) in [5, 5.41) is 15.3. The number of aryl methyl sites for hydroxylation is 1. The topological polar surface area (TPSA) is 137 Å². The van der Waals surface area contributed by atoms with Crippen LogP contribution in [-0.2, 0) is 49.0 Å². The van der Waals surface area contributed by atoms with E-state index >= 15 is 4.39 Å². The van der Waals surface area contributed by atoms with Crippen molar-refractivity contribution in [3.63, 3.8) is 0 Å². The van der Waals surface area contributed by atoms with E-state index < -0.39 is 11.6 Å². The van der Waals surface area contributed by atoms with Crippen molar-refractivity contribution in [3.8, 4) is 11.4 Å². The van der Waals surface area contributed by atoms with Gasteiger partial charge in [0.25, 0.3) is 5.56 Å². The van der Waals surface area contributed by atoms with Gasteiger partial charge in [-0.15, -0.1) is 0 Å². The minimum atomic E-state index is -1.96. The molecule has 10 nitrogen and oxygen atoms in total. The number of amides is 1. The lowest BCUT2D eigenvalue weighted by atomic mass is 9.81. The van der Waals surface area contributed by atoms with Gasteiger partial charge < -0.3 is 24.5 Å². The maximum atomic E-state index is 15.2. The summed E-state index contributed by atoms with van der Waals surface area (Å²) < 4.78 is 27.3. The second-order valence-electron chi connectivity index (χ2n) is 12.5. The number of esters is 2. The van der Waals surface area contributed by atoms with Crippen molar-refractivity contribution < 1.29 is 33.4 Å². The number of cyclic esters (lactones) is 1. The second-order valence-corrected chi connectivity index (χ2v) is 12.5. The highest BCUT2D eigenvalue weighted by molar-refractivity contribution is 5.94. The number of nitrogens with one attached hydrogen (secondary N) is 1. The van der Waals surface area contributed by atoms with Crippen molar-refractivity contribution in [1.82, 2.24) is 14.9 Å². The molecule has 2 aliphatic carbocycles. The van der Waals surface area contributed by atoms with Gasteiger partial charge in [0.05, 0.1) is 35.1 Å². The quantitative estimate of drug-likeness (QED) is 0.337. The molecule has 0 unspecified atom stereocenters. The van der Waals surface area contributed by atoms with Crippen LogP contribution in [0.5, 0.6) is 0 Å². The van der Waals surface area contributed by atoms with Crippen molar-refractivity contribution in [3.05, 3.63) is 61.7 Å². The van der Waals surface area contributed by atoms with Crippen LogP contribution in [-0.4, -0.2) is 38.6 Å². The number of carbonyl (C=O) groups is 3. The molecule has 11 heteroatoms. The Bertz CT molecular complexity index is 1840. The molecule has 44 heavy (non-hydrogen) atoms. The van der Waals surface area contributed by atoms with Crippen molar-refractivity contribution in [1.29, 1.82) is 0 Å². The summed E-state index contributed by atoms with van der Waals surface area (Å²) in [6.07, 6.45) is 3.42. The minimum Gasteiger partial charge on any atom is -0.463 e. The number of halogens is 1. The van der Waals surface area contributed by atoms with Crippen LogP contribution in [0.4, 0.5) is 4.39 Å². The molecule has 3 aromatic rings. The molecule has 0 saturated heterocycles. The Kier molecular flexibility index (Phi) is 6.65. The summed E-state index contributed by atoms with van der Waals surface area (Å²) >= 11 is 0. The monoisotopic (exact) mass is 603 g/mol. The lowest BCUT2D eigenvalue weighted by molar-refractivity contribution is -0.172. The van der Waals surface area contributed by atoms with Gasteiger partial charge in [-0.05, 0) is 74.6 Å². The van der Waals surface area contributed by atoms with Gasteiger partial charge in [0.1, 0.15) is 18.5 Å². The molecule has 4 aliphatic rings. The number of nitrogens with zero attached hydrogens (tertiary/aromatic N) is 2. The largest absolute Gasteiger partial charge is 0.463 e. The molecule has 1 amide bonds. The maximum Gasteiger partial charge on any atom is 0.343 e. The summed E-state index contributed by atoms with van der Waals surface area (Å²) in [5.74, 6) is -1.80. The molecule has 2 N–H and O–H groups in total. The van der Waals surface area contributed by atoms with Crippen LogP contribution in [0.15, 0.2) is 16.9 Å². The third kappa shape index (κ3) is 4.19. The Balaban J connectivity index is 1.33. The van der Waals surface area contributed by atoms with E-state index in [0.29, 0.717) is 61.0 Å². The van der Waals surface area contributed by atoms with Crippen molar-refractivity contribution >= 4 is 28.7 Å². The highest BCUT2D eigenvalue weighted by atomic mass is 19.1. The van der Waals surface area contributed by atoms with Crippen LogP contribution in [0.25, 0.3) is 22.3 Å². The molecule has 1 aromatic carbocycles. The van der Waals surface area contributed by atoms with E-state index in [4.69, 9.17) is 14.5 Å². The molecule has 2 atom stereocenters. The molecule has 0 bridgehead atoms. The molecule has 4 heterocycles. The lowest BCUT2D eigenvalue weighted by Gasteiger charge is -2.32. The average molecular weight is 604 g/mol. The van der Waals surface area contributed by atoms with Crippen LogP contribution < -0.4 is 10.9 Å². The third-order valence-corrected chi connectivity index (χ3v) is 10.1. The van der Waals surface area contributed by atoms with E-state index in [1.54, 1.807) is 24.5 Å². The number of ether oxygens (including phenoxy) is 2. The SMILES string of the molecule is CC[C@@]1(O)C(=O)OCc2c1cc1n(c2=O)Cc2c-1nc1cc(F)c(C)c3c1c2[C@@H](NC(=O)C1CCC(OC(C)=O)CC1)CC3. The first kappa shape index (κ1) is 28.6. The number of carbonyl (C=O) groups excluding carboxylic acids is 3. The zero-order valence-electron chi connectivity index (χ0n) is 24.9. The number of rotatable bonds is 4. The summed E-state index contributed by atoms with van der Waals surface area (Å²) in [7, 11) is 0. The smallest absolute Gasteiger partial charge is 0.343 e. The zero-order valence-corrected chi connectivity index (χ0v) is 24.9. The molecule has 2 aliphatic heterocycles. The molecular weight excluding hydrogens is 569 g/mol. The van der Waals surface area contributed by atoms with Crippen LogP contribution in [0.2, 0.25) is 0 Å². The van der Waals surface area contributed by atoms with Gasteiger partial charge in [-0.1, -0.05) is 6.92 Å². The normalized spacial score (nSPS) is 25.1. The second kappa shape index (κ2) is 10.2. The number of pyridine rings is 2. The Morgan fingerprint density at radius 2 is 1.91 bits per heavy atom. The van der Waals surface area contributed by atoms with E-state index in [2.05, 4.69) is 5.32 Å². The number of hydrogen-bond acceptors (Lipinski definition) is 8. The van der Waals surface area contributed by atoms with Crippen molar-refractivity contribution in [2.24, 2.45) is 5.92 Å². The fourth-order valence-corrected chi connectivity index (χ4v) is 7.67. The summed E-state index contributed by atoms with van der Waals surface area (Å²) in [6, 6.07) is 2.65. The Labute approximate surface area is 252 Å². The van der Waals surface area contributed by atoms with Crippen LogP contribution in [0, 0.1) is 18.7 Å². The predicted molar refractivity (Wildman–Crippen MR) is 156 cm³/mol. The van der Waals surface area contributed by atoms with Crippen LogP contribution >= 0.6 is 0 Å². The van der Waals surface area contributed by atoms with Crippen molar-refractivity contribution in [2.45, 2.75) is 96.6 Å². The van der Waals surface area contributed by atoms with Gasteiger partial charge >= 0.3 is 11.9 Å². The predicted octanol–water partition coefficient (Wildman–Crippen LogP) is 3.75. The number of aliphatic hydroxyl groups is 1. The summed E-state index contributed by atoms with van der Waals surface area (Å²) in [6.45, 7) is 4.73. The number of aromatic nitrogens is 2. The molecule has 230 valence electrons. The van der Waals surface area contributed by atoms with Gasteiger partial charge in [0.15, 0.2) is 5.60 Å². The van der Waals surface area contributed by atoms with Crippen LogP contribution in [0.1, 0.15) is 91.8 Å². The Hall–Kier alpha value is -4.12. The standard InChI is InChI=1S/C33H34FN3O7/c1-4-33(42)22-11-26-29-20(13-37(26)31(40)21(22)14-43-32(33)41)28-24(10-9-19-15(2)23(34)12-25(35-29)27(19)28)36-30(39)17-5-7-18(8-6-17)44-16(3)38/h11-12,17-18,24,42H,4-10,13-14H2,1-3H3,(H,36,39)/t17?,18?,24-,33-/m0/s1. The fraction of sp³-hybridized carbons (Fsp3) is 0.485. The molecule has 1 fully saturated rings. The van der Waals surface area contributed by atoms with E-state index in [9.17, 15) is 24.3 Å². The Morgan fingerprint density at radius 3 is 2.61 bits per heavy atom. The highest BCUT2D eigenvalue weighted by Gasteiger charge is 2.46.